The minimum absolute atomic E-state index is 0.131. The maximum Gasteiger partial charge on any atom is 0.270 e. The van der Waals surface area contributed by atoms with Gasteiger partial charge < -0.3 is 0 Å². The summed E-state index contributed by atoms with van der Waals surface area (Å²) in [5.74, 6) is 0.219. The normalized spacial score (nSPS) is 11.2. The van der Waals surface area contributed by atoms with E-state index in [1.54, 1.807) is 4.68 Å². The fourth-order valence-corrected chi connectivity index (χ4v) is 2.57. The Hall–Kier alpha value is -1.77. The van der Waals surface area contributed by atoms with E-state index in [1.807, 2.05) is 12.1 Å². The molecule has 0 amide bonds. The summed E-state index contributed by atoms with van der Waals surface area (Å²) in [4.78, 5) is 12.6. The first-order valence-electron chi connectivity index (χ1n) is 7.45. The van der Waals surface area contributed by atoms with E-state index >= 15 is 0 Å². The maximum atomic E-state index is 12.6. The number of aromatic nitrogens is 2. The highest BCUT2D eigenvalue weighted by atomic mass is 16.1. The molecule has 0 fully saturated rings. The largest absolute Gasteiger partial charge is 0.295 e. The van der Waals surface area contributed by atoms with Crippen LogP contribution in [0.1, 0.15) is 50.7 Å². The predicted octanol–water partition coefficient (Wildman–Crippen LogP) is 4.08. The van der Waals surface area contributed by atoms with Gasteiger partial charge in [0.25, 0.3) is 5.56 Å². The van der Waals surface area contributed by atoms with Crippen LogP contribution in [0.15, 0.2) is 29.1 Å². The number of rotatable bonds is 5. The zero-order chi connectivity index (χ0) is 14.7. The average Bonchev–Trinajstić information content (AvgIpc) is 2.74. The lowest BCUT2D eigenvalue weighted by Crippen LogP contribution is -2.19. The van der Waals surface area contributed by atoms with Crippen molar-refractivity contribution in [3.8, 4) is 11.3 Å². The quantitative estimate of drug-likeness (QED) is 0.875. The molecule has 1 aromatic carbocycles. The van der Waals surface area contributed by atoms with Crippen molar-refractivity contribution in [1.82, 2.24) is 9.78 Å². The fourth-order valence-electron chi connectivity index (χ4n) is 2.57. The number of nitrogens with zero attached hydrogens (tertiary/aromatic N) is 1. The lowest BCUT2D eigenvalue weighted by molar-refractivity contribution is 0.556. The first-order valence-corrected chi connectivity index (χ1v) is 7.45. The number of hydrogen-bond acceptors (Lipinski definition) is 1. The van der Waals surface area contributed by atoms with Crippen LogP contribution in [0, 0.1) is 6.92 Å². The molecule has 0 radical (unpaired) electrons. The molecule has 20 heavy (non-hydrogen) atoms. The molecule has 0 aliphatic rings. The first kappa shape index (κ1) is 14.6. The molecule has 0 spiro atoms. The second-order valence-corrected chi connectivity index (χ2v) is 5.68. The number of benzene rings is 1. The highest BCUT2D eigenvalue weighted by molar-refractivity contribution is 5.66. The van der Waals surface area contributed by atoms with Crippen LogP contribution in [0.2, 0.25) is 0 Å². The summed E-state index contributed by atoms with van der Waals surface area (Å²) in [6.07, 6.45) is 2.10. The molecule has 0 atom stereocenters. The van der Waals surface area contributed by atoms with Crippen molar-refractivity contribution >= 4 is 0 Å². The van der Waals surface area contributed by atoms with E-state index in [9.17, 15) is 4.79 Å². The molecule has 2 rings (SSSR count). The lowest BCUT2D eigenvalue weighted by atomic mass is 9.97. The molecule has 0 bridgehead atoms. The van der Waals surface area contributed by atoms with Crippen molar-refractivity contribution in [2.24, 2.45) is 0 Å². The standard InChI is InChI=1S/C17H24N2O/c1-5-6-11-19-17(20)15(12(2)3)16(18-19)14-10-8-7-9-13(14)4/h7-10,12,18H,5-6,11H2,1-4H3. The second kappa shape index (κ2) is 6.12. The third-order valence-electron chi connectivity index (χ3n) is 3.72. The Morgan fingerprint density at radius 1 is 1.25 bits per heavy atom. The summed E-state index contributed by atoms with van der Waals surface area (Å²) in [5.41, 5.74) is 4.34. The van der Waals surface area contributed by atoms with Gasteiger partial charge in [-0.3, -0.25) is 14.6 Å². The highest BCUT2D eigenvalue weighted by Crippen LogP contribution is 2.27. The summed E-state index contributed by atoms with van der Waals surface area (Å²) in [6.45, 7) is 9.15. The van der Waals surface area contributed by atoms with Gasteiger partial charge in [-0.1, -0.05) is 51.5 Å². The third-order valence-corrected chi connectivity index (χ3v) is 3.72. The summed E-state index contributed by atoms with van der Waals surface area (Å²) in [7, 11) is 0. The van der Waals surface area contributed by atoms with E-state index in [0.29, 0.717) is 0 Å². The van der Waals surface area contributed by atoms with Crippen molar-refractivity contribution in [3.05, 3.63) is 45.7 Å². The molecule has 1 heterocycles. The van der Waals surface area contributed by atoms with E-state index in [0.717, 1.165) is 36.2 Å². The van der Waals surface area contributed by atoms with Gasteiger partial charge in [0, 0.05) is 17.7 Å². The minimum Gasteiger partial charge on any atom is -0.295 e. The number of hydrogen-bond donors (Lipinski definition) is 1. The molecule has 0 unspecified atom stereocenters. The number of aryl methyl sites for hydroxylation is 2. The van der Waals surface area contributed by atoms with Gasteiger partial charge in [0.15, 0.2) is 0 Å². The predicted molar refractivity (Wildman–Crippen MR) is 84.2 cm³/mol. The van der Waals surface area contributed by atoms with Gasteiger partial charge in [-0.25, -0.2) is 0 Å². The van der Waals surface area contributed by atoms with Crippen LogP contribution >= 0.6 is 0 Å². The van der Waals surface area contributed by atoms with Crippen molar-refractivity contribution < 1.29 is 0 Å². The van der Waals surface area contributed by atoms with E-state index in [2.05, 4.69) is 44.9 Å². The Balaban J connectivity index is 2.58. The summed E-state index contributed by atoms with van der Waals surface area (Å²) < 4.78 is 1.76. The van der Waals surface area contributed by atoms with Gasteiger partial charge in [-0.15, -0.1) is 0 Å². The van der Waals surface area contributed by atoms with Gasteiger partial charge in [0.2, 0.25) is 0 Å². The second-order valence-electron chi connectivity index (χ2n) is 5.68. The Labute approximate surface area is 120 Å². The number of nitrogens with one attached hydrogen (secondary N) is 1. The topological polar surface area (TPSA) is 37.8 Å². The van der Waals surface area contributed by atoms with Crippen LogP contribution in [0.4, 0.5) is 0 Å². The minimum atomic E-state index is 0.131. The first-order chi connectivity index (χ1) is 9.56. The Morgan fingerprint density at radius 3 is 2.55 bits per heavy atom. The highest BCUT2D eigenvalue weighted by Gasteiger charge is 2.19. The molecule has 0 saturated heterocycles. The molecule has 2 aromatic rings. The molecular weight excluding hydrogens is 248 g/mol. The Morgan fingerprint density at radius 2 is 1.95 bits per heavy atom. The molecule has 0 saturated carbocycles. The Bertz CT molecular complexity index is 635. The van der Waals surface area contributed by atoms with Crippen molar-refractivity contribution in [2.75, 3.05) is 0 Å². The monoisotopic (exact) mass is 272 g/mol. The summed E-state index contributed by atoms with van der Waals surface area (Å²) in [6, 6.07) is 8.21. The van der Waals surface area contributed by atoms with E-state index in [1.165, 1.54) is 5.56 Å². The lowest BCUT2D eigenvalue weighted by Gasteiger charge is -2.07. The molecular formula is C17H24N2O. The summed E-state index contributed by atoms with van der Waals surface area (Å²) >= 11 is 0. The van der Waals surface area contributed by atoms with Crippen LogP contribution in [-0.2, 0) is 6.54 Å². The molecule has 1 N–H and O–H groups in total. The fraction of sp³-hybridized carbons (Fsp3) is 0.471. The number of H-pyrrole nitrogens is 1. The maximum absolute atomic E-state index is 12.6. The van der Waals surface area contributed by atoms with Crippen LogP contribution in [0.5, 0.6) is 0 Å². The van der Waals surface area contributed by atoms with Gasteiger partial charge in [-0.2, -0.15) is 0 Å². The van der Waals surface area contributed by atoms with E-state index in [4.69, 9.17) is 0 Å². The van der Waals surface area contributed by atoms with Crippen LogP contribution < -0.4 is 5.56 Å². The van der Waals surface area contributed by atoms with Crippen LogP contribution in [0.3, 0.4) is 0 Å². The van der Waals surface area contributed by atoms with Crippen LogP contribution in [0.25, 0.3) is 11.3 Å². The number of aromatic amines is 1. The van der Waals surface area contributed by atoms with E-state index < -0.39 is 0 Å². The van der Waals surface area contributed by atoms with Gasteiger partial charge in [-0.05, 0) is 24.8 Å². The molecule has 0 aliphatic carbocycles. The van der Waals surface area contributed by atoms with Gasteiger partial charge >= 0.3 is 0 Å². The molecule has 1 aromatic heterocycles. The van der Waals surface area contributed by atoms with Gasteiger partial charge in [0.1, 0.15) is 0 Å². The number of unbranched alkanes of at least 4 members (excludes halogenated alkanes) is 1. The molecule has 3 nitrogen and oxygen atoms in total. The van der Waals surface area contributed by atoms with Crippen molar-refractivity contribution in [2.45, 2.75) is 53.0 Å². The zero-order valence-electron chi connectivity index (χ0n) is 12.9. The molecule has 0 aliphatic heterocycles. The zero-order valence-corrected chi connectivity index (χ0v) is 12.9. The third kappa shape index (κ3) is 2.72. The smallest absolute Gasteiger partial charge is 0.270 e. The SMILES string of the molecule is CCCCn1[nH]c(-c2ccccc2C)c(C(C)C)c1=O. The van der Waals surface area contributed by atoms with E-state index in [-0.39, 0.29) is 11.5 Å². The van der Waals surface area contributed by atoms with Gasteiger partial charge in [0.05, 0.1) is 5.69 Å². The Kier molecular flexibility index (Phi) is 4.48. The molecule has 3 heteroatoms. The summed E-state index contributed by atoms with van der Waals surface area (Å²) in [5, 5.41) is 3.33. The van der Waals surface area contributed by atoms with Crippen molar-refractivity contribution in [1.29, 1.82) is 0 Å². The average molecular weight is 272 g/mol. The van der Waals surface area contributed by atoms with Crippen molar-refractivity contribution in [3.63, 3.8) is 0 Å². The molecule has 108 valence electrons. The van der Waals surface area contributed by atoms with Crippen LogP contribution in [-0.4, -0.2) is 9.78 Å².